The van der Waals surface area contributed by atoms with Crippen molar-refractivity contribution in [3.63, 3.8) is 0 Å². The molecule has 1 fully saturated rings. The van der Waals surface area contributed by atoms with E-state index in [1.54, 1.807) is 12.1 Å². The van der Waals surface area contributed by atoms with Gasteiger partial charge in [-0.15, -0.1) is 0 Å². The van der Waals surface area contributed by atoms with Crippen LogP contribution in [-0.4, -0.2) is 29.9 Å². The fourth-order valence-corrected chi connectivity index (χ4v) is 2.04. The van der Waals surface area contributed by atoms with Crippen LogP contribution in [0.4, 0.5) is 4.39 Å². The van der Waals surface area contributed by atoms with Gasteiger partial charge < -0.3 is 10.1 Å². The molecule has 3 rings (SSSR count). The highest BCUT2D eigenvalue weighted by atomic mass is 19.1. The molecule has 0 spiro atoms. The SMILES string of the molecule is Fc1ccc(-c2cc(C3CNCCO3)[nH]n2)cc1. The predicted octanol–water partition coefficient (Wildman–Crippen LogP) is 1.88. The van der Waals surface area contributed by atoms with Gasteiger partial charge in [-0.3, -0.25) is 5.10 Å². The molecule has 0 amide bonds. The molecule has 0 radical (unpaired) electrons. The number of rotatable bonds is 2. The Morgan fingerprint density at radius 2 is 2.11 bits per heavy atom. The predicted molar refractivity (Wildman–Crippen MR) is 65.5 cm³/mol. The van der Waals surface area contributed by atoms with Gasteiger partial charge in [-0.1, -0.05) is 0 Å². The second-order valence-electron chi connectivity index (χ2n) is 4.28. The molecule has 0 bridgehead atoms. The second-order valence-corrected chi connectivity index (χ2v) is 4.28. The third-order valence-corrected chi connectivity index (χ3v) is 3.01. The molecule has 1 aromatic carbocycles. The van der Waals surface area contributed by atoms with Crippen LogP contribution in [0.25, 0.3) is 11.3 Å². The summed E-state index contributed by atoms with van der Waals surface area (Å²) in [6.45, 7) is 2.37. The largest absolute Gasteiger partial charge is 0.369 e. The molecule has 4 nitrogen and oxygen atoms in total. The summed E-state index contributed by atoms with van der Waals surface area (Å²) in [7, 11) is 0. The Hall–Kier alpha value is -1.72. The fraction of sp³-hybridized carbons (Fsp3) is 0.308. The number of aromatic nitrogens is 2. The van der Waals surface area contributed by atoms with Gasteiger partial charge in [0, 0.05) is 18.7 Å². The summed E-state index contributed by atoms with van der Waals surface area (Å²) in [5, 5.41) is 10.5. The van der Waals surface area contributed by atoms with Crippen molar-refractivity contribution in [2.75, 3.05) is 19.7 Å². The lowest BCUT2D eigenvalue weighted by atomic mass is 10.1. The van der Waals surface area contributed by atoms with Gasteiger partial charge in [0.05, 0.1) is 18.0 Å². The average Bonchev–Trinajstić information content (AvgIpc) is 2.90. The van der Waals surface area contributed by atoms with E-state index in [0.29, 0.717) is 6.61 Å². The lowest BCUT2D eigenvalue weighted by molar-refractivity contribution is 0.0250. The highest BCUT2D eigenvalue weighted by Crippen LogP contribution is 2.23. The molecule has 1 aliphatic rings. The summed E-state index contributed by atoms with van der Waals surface area (Å²) >= 11 is 0. The van der Waals surface area contributed by atoms with Crippen molar-refractivity contribution in [1.82, 2.24) is 15.5 Å². The molecular weight excluding hydrogens is 233 g/mol. The van der Waals surface area contributed by atoms with Crippen LogP contribution in [0.5, 0.6) is 0 Å². The topological polar surface area (TPSA) is 49.9 Å². The highest BCUT2D eigenvalue weighted by molar-refractivity contribution is 5.59. The monoisotopic (exact) mass is 247 g/mol. The maximum Gasteiger partial charge on any atom is 0.123 e. The number of H-pyrrole nitrogens is 1. The van der Waals surface area contributed by atoms with Gasteiger partial charge in [0.25, 0.3) is 0 Å². The number of aromatic amines is 1. The molecule has 2 heterocycles. The van der Waals surface area contributed by atoms with E-state index in [1.165, 1.54) is 12.1 Å². The summed E-state index contributed by atoms with van der Waals surface area (Å²) in [5.74, 6) is -0.241. The fourth-order valence-electron chi connectivity index (χ4n) is 2.04. The van der Waals surface area contributed by atoms with Crippen molar-refractivity contribution in [1.29, 1.82) is 0 Å². The van der Waals surface area contributed by atoms with E-state index in [0.717, 1.165) is 30.0 Å². The molecule has 1 unspecified atom stereocenters. The lowest BCUT2D eigenvalue weighted by Crippen LogP contribution is -2.33. The maximum atomic E-state index is 12.8. The van der Waals surface area contributed by atoms with Gasteiger partial charge >= 0.3 is 0 Å². The zero-order valence-corrected chi connectivity index (χ0v) is 9.82. The lowest BCUT2D eigenvalue weighted by Gasteiger charge is -2.22. The number of morpholine rings is 1. The third-order valence-electron chi connectivity index (χ3n) is 3.01. The molecule has 0 saturated carbocycles. The molecule has 2 aromatic rings. The summed E-state index contributed by atoms with van der Waals surface area (Å²) in [6, 6.07) is 8.25. The Morgan fingerprint density at radius 1 is 1.28 bits per heavy atom. The zero-order chi connectivity index (χ0) is 12.4. The molecule has 1 aromatic heterocycles. The van der Waals surface area contributed by atoms with E-state index >= 15 is 0 Å². The van der Waals surface area contributed by atoms with Crippen LogP contribution in [0.15, 0.2) is 30.3 Å². The Kier molecular flexibility index (Phi) is 3.08. The average molecular weight is 247 g/mol. The van der Waals surface area contributed by atoms with Crippen molar-refractivity contribution in [3.8, 4) is 11.3 Å². The quantitative estimate of drug-likeness (QED) is 0.851. The summed E-state index contributed by atoms with van der Waals surface area (Å²) in [6.07, 6.45) is 0.0143. The van der Waals surface area contributed by atoms with Crippen molar-refractivity contribution in [2.45, 2.75) is 6.10 Å². The van der Waals surface area contributed by atoms with E-state index < -0.39 is 0 Å². The van der Waals surface area contributed by atoms with E-state index in [-0.39, 0.29) is 11.9 Å². The highest BCUT2D eigenvalue weighted by Gasteiger charge is 2.18. The Balaban J connectivity index is 1.82. The number of hydrogen-bond acceptors (Lipinski definition) is 3. The van der Waals surface area contributed by atoms with Crippen LogP contribution >= 0.6 is 0 Å². The van der Waals surface area contributed by atoms with E-state index in [4.69, 9.17) is 4.74 Å². The molecule has 2 N–H and O–H groups in total. The smallest absolute Gasteiger partial charge is 0.123 e. The minimum absolute atomic E-state index is 0.0143. The number of ether oxygens (including phenoxy) is 1. The second kappa shape index (κ2) is 4.88. The first-order chi connectivity index (χ1) is 8.83. The van der Waals surface area contributed by atoms with Crippen molar-refractivity contribution >= 4 is 0 Å². The van der Waals surface area contributed by atoms with Crippen molar-refractivity contribution in [2.24, 2.45) is 0 Å². The van der Waals surface area contributed by atoms with Crippen molar-refractivity contribution in [3.05, 3.63) is 41.8 Å². The minimum atomic E-state index is -0.241. The van der Waals surface area contributed by atoms with Gasteiger partial charge in [-0.05, 0) is 30.3 Å². The molecular formula is C13H14FN3O. The van der Waals surface area contributed by atoms with Crippen LogP contribution in [0.2, 0.25) is 0 Å². The molecule has 5 heteroatoms. The first-order valence-corrected chi connectivity index (χ1v) is 5.96. The molecule has 94 valence electrons. The first-order valence-electron chi connectivity index (χ1n) is 5.96. The molecule has 1 aliphatic heterocycles. The maximum absolute atomic E-state index is 12.8. The number of nitrogens with zero attached hydrogens (tertiary/aromatic N) is 1. The molecule has 1 atom stereocenters. The van der Waals surface area contributed by atoms with Gasteiger partial charge in [0.15, 0.2) is 0 Å². The van der Waals surface area contributed by atoms with Crippen LogP contribution in [0.3, 0.4) is 0 Å². The number of hydrogen-bond donors (Lipinski definition) is 2. The normalized spacial score (nSPS) is 19.9. The standard InChI is InChI=1S/C13H14FN3O/c14-10-3-1-9(2-4-10)11-7-12(17-16-11)13-8-15-5-6-18-13/h1-4,7,13,15H,5-6,8H2,(H,16,17). The van der Waals surface area contributed by atoms with Gasteiger partial charge in [-0.25, -0.2) is 4.39 Å². The molecule has 1 saturated heterocycles. The van der Waals surface area contributed by atoms with E-state index in [9.17, 15) is 4.39 Å². The van der Waals surface area contributed by atoms with Crippen LogP contribution in [-0.2, 0) is 4.74 Å². The van der Waals surface area contributed by atoms with Crippen LogP contribution in [0.1, 0.15) is 11.8 Å². The Labute approximate surface area is 104 Å². The first kappa shape index (κ1) is 11.4. The van der Waals surface area contributed by atoms with Crippen molar-refractivity contribution < 1.29 is 9.13 Å². The number of nitrogens with one attached hydrogen (secondary N) is 2. The van der Waals surface area contributed by atoms with Gasteiger partial charge in [-0.2, -0.15) is 5.10 Å². The Bertz CT molecular complexity index is 517. The minimum Gasteiger partial charge on any atom is -0.369 e. The molecule has 0 aliphatic carbocycles. The summed E-state index contributed by atoms with van der Waals surface area (Å²) in [4.78, 5) is 0. The van der Waals surface area contributed by atoms with Gasteiger partial charge in [0.2, 0.25) is 0 Å². The summed E-state index contributed by atoms with van der Waals surface area (Å²) < 4.78 is 18.5. The van der Waals surface area contributed by atoms with Crippen LogP contribution in [0, 0.1) is 5.82 Å². The number of halogens is 1. The van der Waals surface area contributed by atoms with E-state index in [1.807, 2.05) is 6.07 Å². The third kappa shape index (κ3) is 2.27. The van der Waals surface area contributed by atoms with Crippen LogP contribution < -0.4 is 5.32 Å². The number of benzene rings is 1. The zero-order valence-electron chi connectivity index (χ0n) is 9.82. The summed E-state index contributed by atoms with van der Waals surface area (Å²) in [5.41, 5.74) is 2.64. The van der Waals surface area contributed by atoms with E-state index in [2.05, 4.69) is 15.5 Å². The Morgan fingerprint density at radius 3 is 2.83 bits per heavy atom. The van der Waals surface area contributed by atoms with Gasteiger partial charge in [0.1, 0.15) is 11.9 Å². The molecule has 18 heavy (non-hydrogen) atoms.